The summed E-state index contributed by atoms with van der Waals surface area (Å²) in [5, 5.41) is 0. The summed E-state index contributed by atoms with van der Waals surface area (Å²) in [7, 11) is 0. The van der Waals surface area contributed by atoms with Crippen molar-refractivity contribution in [2.75, 3.05) is 13.1 Å². The summed E-state index contributed by atoms with van der Waals surface area (Å²) in [5.74, 6) is 1.90. The molecule has 0 radical (unpaired) electrons. The maximum atomic E-state index is 5.61. The largest absolute Gasteiger partial charge is 0.330 e. The van der Waals surface area contributed by atoms with Gasteiger partial charge in [0.2, 0.25) is 0 Å². The standard InChI is InChI=1S/C14H30N2/c15-10-4-8-13-6-2-1-3-7-14(12-13)9-5-11-16/h13-14H,1-12,15-16H2. The van der Waals surface area contributed by atoms with Gasteiger partial charge in [-0.05, 0) is 57.0 Å². The maximum Gasteiger partial charge on any atom is -0.00772 e. The summed E-state index contributed by atoms with van der Waals surface area (Å²) in [6.45, 7) is 1.73. The first-order chi connectivity index (χ1) is 7.86. The Bertz CT molecular complexity index is 139. The fourth-order valence-electron chi connectivity index (χ4n) is 3.09. The van der Waals surface area contributed by atoms with E-state index in [1.807, 2.05) is 0 Å². The zero-order valence-corrected chi connectivity index (χ0v) is 10.8. The quantitative estimate of drug-likeness (QED) is 0.731. The Kier molecular flexibility index (Phi) is 7.87. The first-order valence-corrected chi connectivity index (χ1v) is 7.27. The topological polar surface area (TPSA) is 52.0 Å². The van der Waals surface area contributed by atoms with Gasteiger partial charge in [0.15, 0.2) is 0 Å². The first-order valence-electron chi connectivity index (χ1n) is 7.27. The summed E-state index contributed by atoms with van der Waals surface area (Å²) < 4.78 is 0. The van der Waals surface area contributed by atoms with E-state index in [9.17, 15) is 0 Å². The van der Waals surface area contributed by atoms with Crippen molar-refractivity contribution < 1.29 is 0 Å². The Morgan fingerprint density at radius 1 is 0.750 bits per heavy atom. The molecule has 1 rings (SSSR count). The average Bonchev–Trinajstić information content (AvgIpc) is 2.26. The summed E-state index contributed by atoms with van der Waals surface area (Å²) in [5.41, 5.74) is 11.2. The predicted molar refractivity (Wildman–Crippen MR) is 71.3 cm³/mol. The van der Waals surface area contributed by atoms with E-state index in [4.69, 9.17) is 11.5 Å². The molecule has 0 aromatic heterocycles. The van der Waals surface area contributed by atoms with E-state index in [2.05, 4.69) is 0 Å². The van der Waals surface area contributed by atoms with Crippen molar-refractivity contribution in [1.82, 2.24) is 0 Å². The van der Waals surface area contributed by atoms with E-state index >= 15 is 0 Å². The molecule has 0 saturated heterocycles. The molecular formula is C14H30N2. The Hall–Kier alpha value is -0.0800. The van der Waals surface area contributed by atoms with E-state index in [0.717, 1.165) is 24.9 Å². The lowest BCUT2D eigenvalue weighted by Crippen LogP contribution is -2.15. The summed E-state index contributed by atoms with van der Waals surface area (Å²) in [6.07, 6.45) is 13.8. The Morgan fingerprint density at radius 3 is 1.69 bits per heavy atom. The zero-order chi connectivity index (χ0) is 11.6. The van der Waals surface area contributed by atoms with Crippen molar-refractivity contribution in [3.63, 3.8) is 0 Å². The van der Waals surface area contributed by atoms with Crippen LogP contribution in [0.3, 0.4) is 0 Å². The van der Waals surface area contributed by atoms with Gasteiger partial charge in [0.05, 0.1) is 0 Å². The molecule has 1 aliphatic carbocycles. The van der Waals surface area contributed by atoms with Gasteiger partial charge >= 0.3 is 0 Å². The molecule has 2 unspecified atom stereocenters. The third-order valence-corrected chi connectivity index (χ3v) is 4.02. The minimum atomic E-state index is 0.865. The molecule has 1 fully saturated rings. The molecule has 0 spiro atoms. The normalized spacial score (nSPS) is 27.4. The highest BCUT2D eigenvalue weighted by Gasteiger charge is 2.18. The van der Waals surface area contributed by atoms with Crippen LogP contribution in [0.5, 0.6) is 0 Å². The highest BCUT2D eigenvalue weighted by molar-refractivity contribution is 4.71. The van der Waals surface area contributed by atoms with Gasteiger partial charge in [-0.1, -0.05) is 32.1 Å². The first kappa shape index (κ1) is 14.0. The van der Waals surface area contributed by atoms with Gasteiger partial charge in [-0.15, -0.1) is 0 Å². The van der Waals surface area contributed by atoms with Crippen LogP contribution in [0.2, 0.25) is 0 Å². The molecule has 0 amide bonds. The molecule has 0 aliphatic heterocycles. The molecule has 4 N–H and O–H groups in total. The minimum Gasteiger partial charge on any atom is -0.330 e. The lowest BCUT2D eigenvalue weighted by Gasteiger charge is -2.26. The molecule has 16 heavy (non-hydrogen) atoms. The monoisotopic (exact) mass is 226 g/mol. The second-order valence-corrected chi connectivity index (χ2v) is 5.47. The molecule has 0 aromatic carbocycles. The minimum absolute atomic E-state index is 0.865. The van der Waals surface area contributed by atoms with E-state index in [-0.39, 0.29) is 0 Å². The Labute approximate surface area is 101 Å². The van der Waals surface area contributed by atoms with Gasteiger partial charge in [0.1, 0.15) is 0 Å². The number of nitrogens with two attached hydrogens (primary N) is 2. The van der Waals surface area contributed by atoms with Crippen LogP contribution < -0.4 is 11.5 Å². The average molecular weight is 226 g/mol. The third kappa shape index (κ3) is 5.86. The van der Waals surface area contributed by atoms with Gasteiger partial charge in [0.25, 0.3) is 0 Å². The fourth-order valence-corrected chi connectivity index (χ4v) is 3.09. The van der Waals surface area contributed by atoms with Gasteiger partial charge in [-0.25, -0.2) is 0 Å². The molecule has 2 atom stereocenters. The Balaban J connectivity index is 2.30. The van der Waals surface area contributed by atoms with Crippen molar-refractivity contribution in [2.45, 2.75) is 64.2 Å². The van der Waals surface area contributed by atoms with E-state index < -0.39 is 0 Å². The molecule has 2 heteroatoms. The van der Waals surface area contributed by atoms with Gasteiger partial charge in [0, 0.05) is 0 Å². The van der Waals surface area contributed by atoms with Crippen molar-refractivity contribution in [2.24, 2.45) is 23.3 Å². The molecule has 2 nitrogen and oxygen atoms in total. The molecule has 0 heterocycles. The lowest BCUT2D eigenvalue weighted by atomic mass is 9.80. The van der Waals surface area contributed by atoms with Crippen LogP contribution >= 0.6 is 0 Å². The maximum absolute atomic E-state index is 5.61. The highest BCUT2D eigenvalue weighted by atomic mass is 14.5. The number of hydrogen-bond donors (Lipinski definition) is 2. The summed E-state index contributed by atoms with van der Waals surface area (Å²) in [6, 6.07) is 0. The second-order valence-electron chi connectivity index (χ2n) is 5.47. The predicted octanol–water partition coefficient (Wildman–Crippen LogP) is 3.05. The molecule has 0 bridgehead atoms. The van der Waals surface area contributed by atoms with E-state index in [1.54, 1.807) is 0 Å². The van der Waals surface area contributed by atoms with Crippen molar-refractivity contribution in [3.05, 3.63) is 0 Å². The second kappa shape index (κ2) is 9.00. The zero-order valence-electron chi connectivity index (χ0n) is 10.8. The van der Waals surface area contributed by atoms with Crippen molar-refractivity contribution in [1.29, 1.82) is 0 Å². The van der Waals surface area contributed by atoms with Crippen LogP contribution in [0, 0.1) is 11.8 Å². The lowest BCUT2D eigenvalue weighted by molar-refractivity contribution is 0.267. The number of rotatable bonds is 6. The third-order valence-electron chi connectivity index (χ3n) is 4.02. The van der Waals surface area contributed by atoms with Crippen molar-refractivity contribution >= 4 is 0 Å². The smallest absolute Gasteiger partial charge is 0.00772 e. The van der Waals surface area contributed by atoms with Crippen molar-refractivity contribution in [3.8, 4) is 0 Å². The van der Waals surface area contributed by atoms with E-state index in [1.165, 1.54) is 64.2 Å². The molecule has 1 aliphatic rings. The highest BCUT2D eigenvalue weighted by Crippen LogP contribution is 2.31. The molecule has 1 saturated carbocycles. The van der Waals surface area contributed by atoms with Gasteiger partial charge in [-0.2, -0.15) is 0 Å². The summed E-state index contributed by atoms with van der Waals surface area (Å²) in [4.78, 5) is 0. The van der Waals surface area contributed by atoms with Gasteiger partial charge < -0.3 is 11.5 Å². The number of hydrogen-bond acceptors (Lipinski definition) is 2. The Morgan fingerprint density at radius 2 is 1.25 bits per heavy atom. The fraction of sp³-hybridized carbons (Fsp3) is 1.00. The van der Waals surface area contributed by atoms with Crippen LogP contribution in [0.4, 0.5) is 0 Å². The summed E-state index contributed by atoms with van der Waals surface area (Å²) >= 11 is 0. The van der Waals surface area contributed by atoms with Crippen LogP contribution in [0.25, 0.3) is 0 Å². The van der Waals surface area contributed by atoms with Crippen LogP contribution in [-0.2, 0) is 0 Å². The molecular weight excluding hydrogens is 196 g/mol. The van der Waals surface area contributed by atoms with Crippen LogP contribution in [0.1, 0.15) is 64.2 Å². The molecule has 0 aromatic rings. The van der Waals surface area contributed by atoms with Gasteiger partial charge in [-0.3, -0.25) is 0 Å². The van der Waals surface area contributed by atoms with Crippen LogP contribution in [-0.4, -0.2) is 13.1 Å². The SMILES string of the molecule is NCCCC1CCCCCC(CCCN)C1. The van der Waals surface area contributed by atoms with Crippen LogP contribution in [0.15, 0.2) is 0 Å². The molecule has 96 valence electrons. The van der Waals surface area contributed by atoms with E-state index in [0.29, 0.717) is 0 Å².